The van der Waals surface area contributed by atoms with Crippen LogP contribution in [0.4, 0.5) is 11.4 Å². The highest BCUT2D eigenvalue weighted by atomic mass is 16.5. The first-order valence-corrected chi connectivity index (χ1v) is 10.2. The molecule has 30 heavy (non-hydrogen) atoms. The Morgan fingerprint density at radius 3 is 1.90 bits per heavy atom. The first-order valence-electron chi connectivity index (χ1n) is 10.2. The van der Waals surface area contributed by atoms with Crippen LogP contribution in [0.25, 0.3) is 16.3 Å². The van der Waals surface area contributed by atoms with Gasteiger partial charge in [-0.25, -0.2) is 0 Å². The zero-order valence-corrected chi connectivity index (χ0v) is 17.1. The minimum Gasteiger partial charge on any atom is -0.497 e. The minimum absolute atomic E-state index is 0.0242. The van der Waals surface area contributed by atoms with E-state index in [0.29, 0.717) is 0 Å². The second-order valence-corrected chi connectivity index (χ2v) is 7.65. The number of methoxy groups -OCH3 is 1. The molecule has 1 aliphatic rings. The predicted octanol–water partition coefficient (Wildman–Crippen LogP) is 6.15. The van der Waals surface area contributed by atoms with Crippen LogP contribution in [0.1, 0.15) is 16.7 Å². The lowest BCUT2D eigenvalue weighted by atomic mass is 9.70. The van der Waals surface area contributed by atoms with E-state index in [1.54, 1.807) is 7.11 Å². The number of aryl methyl sites for hydroxylation is 1. The third-order valence-electron chi connectivity index (χ3n) is 5.62. The van der Waals surface area contributed by atoms with E-state index in [9.17, 15) is 0 Å². The van der Waals surface area contributed by atoms with E-state index in [-0.39, 0.29) is 6.98 Å². The van der Waals surface area contributed by atoms with Crippen molar-refractivity contribution in [3.05, 3.63) is 108 Å². The summed E-state index contributed by atoms with van der Waals surface area (Å²) in [7, 11) is 1.69. The van der Waals surface area contributed by atoms with Crippen molar-refractivity contribution in [2.24, 2.45) is 0 Å². The summed E-state index contributed by atoms with van der Waals surface area (Å²) in [6.07, 6.45) is 0. The van der Waals surface area contributed by atoms with Crippen molar-refractivity contribution < 1.29 is 4.74 Å². The molecule has 0 aromatic heterocycles. The Labute approximate surface area is 177 Å². The Hall–Kier alpha value is -3.66. The summed E-state index contributed by atoms with van der Waals surface area (Å²) in [4.78, 5) is 0. The maximum Gasteiger partial charge on any atom is 0.399 e. The Morgan fingerprint density at radius 2 is 1.33 bits per heavy atom. The lowest BCUT2D eigenvalue weighted by Gasteiger charge is -2.25. The van der Waals surface area contributed by atoms with Crippen molar-refractivity contribution in [2.45, 2.75) is 6.92 Å². The molecule has 0 amide bonds. The zero-order chi connectivity index (χ0) is 20.5. The molecule has 1 heterocycles. The fraction of sp³-hybridized carbons (Fsp3) is 0.0769. The quantitative estimate of drug-likeness (QED) is 0.410. The van der Waals surface area contributed by atoms with Crippen molar-refractivity contribution >= 4 is 34.7 Å². The Kier molecular flexibility index (Phi) is 4.68. The topological polar surface area (TPSA) is 33.3 Å². The van der Waals surface area contributed by atoms with Gasteiger partial charge in [0.25, 0.3) is 0 Å². The van der Waals surface area contributed by atoms with E-state index < -0.39 is 0 Å². The molecule has 0 atom stereocenters. The minimum atomic E-state index is -0.0242. The highest BCUT2D eigenvalue weighted by molar-refractivity contribution is 6.73. The van der Waals surface area contributed by atoms with Crippen molar-refractivity contribution in [3.8, 4) is 5.75 Å². The Morgan fingerprint density at radius 1 is 0.767 bits per heavy atom. The van der Waals surface area contributed by atoms with Crippen LogP contribution in [-0.2, 0) is 0 Å². The maximum absolute atomic E-state index is 5.35. The molecule has 4 aromatic rings. The van der Waals surface area contributed by atoms with Crippen LogP contribution in [-0.4, -0.2) is 14.1 Å². The van der Waals surface area contributed by atoms with Crippen molar-refractivity contribution in [3.63, 3.8) is 0 Å². The molecule has 0 radical (unpaired) electrons. The van der Waals surface area contributed by atoms with Crippen LogP contribution in [0.3, 0.4) is 0 Å². The summed E-state index contributed by atoms with van der Waals surface area (Å²) >= 11 is 0. The molecule has 146 valence electrons. The van der Waals surface area contributed by atoms with Crippen molar-refractivity contribution in [1.29, 1.82) is 0 Å². The van der Waals surface area contributed by atoms with Gasteiger partial charge in [0.1, 0.15) is 5.75 Å². The van der Waals surface area contributed by atoms with Gasteiger partial charge in [-0.1, -0.05) is 72.2 Å². The molecule has 0 bridgehead atoms. The SMILES string of the molecule is COc1ccc(/C(=C/B2Nc3cccc4cccc(c34)N2)c2ccc(C)cc2)cc1. The molecule has 1 aliphatic heterocycles. The second-order valence-electron chi connectivity index (χ2n) is 7.65. The van der Waals surface area contributed by atoms with E-state index in [2.05, 4.69) is 96.2 Å². The van der Waals surface area contributed by atoms with Crippen LogP contribution in [0, 0.1) is 6.92 Å². The number of hydrogen-bond acceptors (Lipinski definition) is 3. The fourth-order valence-corrected chi connectivity index (χ4v) is 4.07. The molecule has 0 spiro atoms. The average Bonchev–Trinajstić information content (AvgIpc) is 2.79. The molecule has 0 saturated heterocycles. The van der Waals surface area contributed by atoms with Gasteiger partial charge in [-0.3, -0.25) is 0 Å². The number of hydrogen-bond donors (Lipinski definition) is 2. The molecule has 3 nitrogen and oxygen atoms in total. The lowest BCUT2D eigenvalue weighted by molar-refractivity contribution is 0.415. The van der Waals surface area contributed by atoms with Gasteiger partial charge in [0.15, 0.2) is 0 Å². The normalized spacial score (nSPS) is 13.0. The number of nitrogens with one attached hydrogen (secondary N) is 2. The summed E-state index contributed by atoms with van der Waals surface area (Å²) in [5, 5.41) is 9.79. The lowest BCUT2D eigenvalue weighted by Crippen LogP contribution is -2.35. The van der Waals surface area contributed by atoms with Gasteiger partial charge in [-0.2, -0.15) is 0 Å². The van der Waals surface area contributed by atoms with Crippen LogP contribution in [0.5, 0.6) is 5.75 Å². The van der Waals surface area contributed by atoms with E-state index in [1.807, 2.05) is 12.1 Å². The van der Waals surface area contributed by atoms with E-state index in [4.69, 9.17) is 4.74 Å². The smallest absolute Gasteiger partial charge is 0.399 e. The van der Waals surface area contributed by atoms with Crippen molar-refractivity contribution in [2.75, 3.05) is 17.6 Å². The summed E-state index contributed by atoms with van der Waals surface area (Å²) in [5.41, 5.74) is 7.07. The van der Waals surface area contributed by atoms with Gasteiger partial charge < -0.3 is 15.2 Å². The van der Waals surface area contributed by atoms with Crippen LogP contribution >= 0.6 is 0 Å². The molecule has 0 fully saturated rings. The van der Waals surface area contributed by atoms with Gasteiger partial charge in [0.05, 0.1) is 7.11 Å². The second kappa shape index (κ2) is 7.64. The summed E-state index contributed by atoms with van der Waals surface area (Å²) in [5.74, 6) is 3.12. The fourth-order valence-electron chi connectivity index (χ4n) is 4.07. The maximum atomic E-state index is 5.35. The molecule has 4 aromatic carbocycles. The molecule has 4 heteroatoms. The third-order valence-corrected chi connectivity index (χ3v) is 5.62. The molecule has 0 aliphatic carbocycles. The standard InChI is InChI=1S/C26H23BN2O/c1-18-9-11-19(12-10-18)23(20-13-15-22(30-2)16-14-20)17-27-28-24-7-3-5-21-6-4-8-25(29-27)26(21)24/h3-17,28-29H,1-2H3/b23-17+. The van der Waals surface area contributed by atoms with Crippen molar-refractivity contribution in [1.82, 2.24) is 0 Å². The Bertz CT molecular complexity index is 1190. The molecular formula is C26H23BN2O. The monoisotopic (exact) mass is 390 g/mol. The predicted molar refractivity (Wildman–Crippen MR) is 128 cm³/mol. The van der Waals surface area contributed by atoms with E-state index in [0.717, 1.165) is 22.7 Å². The third kappa shape index (κ3) is 3.41. The van der Waals surface area contributed by atoms with Crippen LogP contribution in [0.2, 0.25) is 0 Å². The van der Waals surface area contributed by atoms with Crippen LogP contribution < -0.4 is 15.2 Å². The Balaban J connectivity index is 1.58. The van der Waals surface area contributed by atoms with E-state index in [1.165, 1.54) is 27.5 Å². The highest BCUT2D eigenvalue weighted by Gasteiger charge is 2.23. The molecule has 5 rings (SSSR count). The zero-order valence-electron chi connectivity index (χ0n) is 17.1. The largest absolute Gasteiger partial charge is 0.497 e. The number of benzene rings is 4. The van der Waals surface area contributed by atoms with Gasteiger partial charge in [-0.05, 0) is 53.3 Å². The molecule has 2 N–H and O–H groups in total. The molecule has 0 saturated carbocycles. The van der Waals surface area contributed by atoms with Gasteiger partial charge in [-0.15, -0.1) is 0 Å². The number of ether oxygens (including phenoxy) is 1. The van der Waals surface area contributed by atoms with Gasteiger partial charge in [0.2, 0.25) is 0 Å². The van der Waals surface area contributed by atoms with E-state index >= 15 is 0 Å². The first-order chi connectivity index (χ1) is 14.7. The highest BCUT2D eigenvalue weighted by Crippen LogP contribution is 2.35. The summed E-state index contributed by atoms with van der Waals surface area (Å²) in [6.45, 7) is 2.09. The summed E-state index contributed by atoms with van der Waals surface area (Å²) < 4.78 is 5.35. The first kappa shape index (κ1) is 18.4. The molecular weight excluding hydrogens is 367 g/mol. The van der Waals surface area contributed by atoms with Gasteiger partial charge >= 0.3 is 6.98 Å². The number of rotatable bonds is 4. The summed E-state index contributed by atoms with van der Waals surface area (Å²) in [6, 6.07) is 29.7. The molecule has 0 unspecified atom stereocenters. The van der Waals surface area contributed by atoms with Crippen LogP contribution in [0.15, 0.2) is 90.9 Å². The average molecular weight is 390 g/mol. The van der Waals surface area contributed by atoms with Gasteiger partial charge in [0, 0.05) is 16.8 Å². The number of anilines is 2.